The van der Waals surface area contributed by atoms with E-state index in [1.54, 1.807) is 24.3 Å². The van der Waals surface area contributed by atoms with Crippen LogP contribution < -0.4 is 5.43 Å². The second-order valence-electron chi connectivity index (χ2n) is 5.79. The summed E-state index contributed by atoms with van der Waals surface area (Å²) in [6.45, 7) is 2.85. The second-order valence-corrected chi connectivity index (χ2v) is 7.72. The van der Waals surface area contributed by atoms with E-state index in [0.717, 1.165) is 18.6 Å². The first kappa shape index (κ1) is 17.4. The zero-order chi connectivity index (χ0) is 17.9. The Kier molecular flexibility index (Phi) is 5.00. The van der Waals surface area contributed by atoms with Gasteiger partial charge in [-0.2, -0.15) is 9.41 Å². The van der Waals surface area contributed by atoms with Crippen LogP contribution in [0.2, 0.25) is 0 Å². The predicted octanol–water partition coefficient (Wildman–Crippen LogP) is 2.14. The van der Waals surface area contributed by atoms with Crippen LogP contribution in [0.4, 0.5) is 0 Å². The Labute approximate surface area is 146 Å². The number of carbonyl (C=O) groups excluding carboxylic acids is 1. The van der Waals surface area contributed by atoms with Crippen LogP contribution in [-0.2, 0) is 10.0 Å². The highest BCUT2D eigenvalue weighted by atomic mass is 32.2. The monoisotopic (exact) mass is 361 g/mol. The molecule has 1 fully saturated rings. The molecule has 0 spiro atoms. The van der Waals surface area contributed by atoms with Gasteiger partial charge in [0.15, 0.2) is 0 Å². The Morgan fingerprint density at radius 3 is 2.68 bits per heavy atom. The lowest BCUT2D eigenvalue weighted by Gasteiger charge is -2.15. The number of benzene rings is 1. The first-order chi connectivity index (χ1) is 12.0. The normalized spacial score (nSPS) is 15.7. The van der Waals surface area contributed by atoms with Gasteiger partial charge in [-0.3, -0.25) is 4.79 Å². The van der Waals surface area contributed by atoms with Gasteiger partial charge in [-0.1, -0.05) is 6.07 Å². The van der Waals surface area contributed by atoms with Crippen LogP contribution >= 0.6 is 0 Å². The van der Waals surface area contributed by atoms with Gasteiger partial charge < -0.3 is 4.42 Å². The minimum atomic E-state index is -3.56. The third kappa shape index (κ3) is 3.97. The van der Waals surface area contributed by atoms with E-state index in [0.29, 0.717) is 18.8 Å². The number of hydrogen-bond acceptors (Lipinski definition) is 5. The van der Waals surface area contributed by atoms with Crippen LogP contribution in [-0.4, -0.2) is 37.9 Å². The van der Waals surface area contributed by atoms with Crippen molar-refractivity contribution in [1.29, 1.82) is 0 Å². The van der Waals surface area contributed by atoms with Crippen molar-refractivity contribution in [3.8, 4) is 0 Å². The van der Waals surface area contributed by atoms with E-state index in [1.165, 1.54) is 22.7 Å². The number of hydrogen-bond donors (Lipinski definition) is 1. The highest BCUT2D eigenvalue weighted by Gasteiger charge is 2.27. The van der Waals surface area contributed by atoms with Crippen LogP contribution in [0.15, 0.2) is 50.8 Å². The number of nitrogens with zero attached hydrogens (tertiary/aromatic N) is 2. The predicted molar refractivity (Wildman–Crippen MR) is 92.9 cm³/mol. The lowest BCUT2D eigenvalue weighted by molar-refractivity contribution is 0.0955. The largest absolute Gasteiger partial charge is 0.460 e. The van der Waals surface area contributed by atoms with Crippen molar-refractivity contribution >= 4 is 22.1 Å². The zero-order valence-electron chi connectivity index (χ0n) is 13.8. The number of carbonyl (C=O) groups is 1. The summed E-state index contributed by atoms with van der Waals surface area (Å²) in [7, 11) is -3.56. The molecule has 7 nitrogen and oxygen atoms in total. The van der Waals surface area contributed by atoms with Gasteiger partial charge in [0.25, 0.3) is 5.91 Å². The number of hydrazone groups is 1. The van der Waals surface area contributed by atoms with Gasteiger partial charge in [-0.25, -0.2) is 13.8 Å². The fourth-order valence-electron chi connectivity index (χ4n) is 2.62. The summed E-state index contributed by atoms with van der Waals surface area (Å²) >= 11 is 0. The number of sulfonamides is 1. The van der Waals surface area contributed by atoms with E-state index < -0.39 is 15.9 Å². The van der Waals surface area contributed by atoms with Gasteiger partial charge >= 0.3 is 0 Å². The van der Waals surface area contributed by atoms with Crippen molar-refractivity contribution < 1.29 is 17.6 Å². The van der Waals surface area contributed by atoms with E-state index in [4.69, 9.17) is 4.42 Å². The summed E-state index contributed by atoms with van der Waals surface area (Å²) < 4.78 is 31.9. The molecule has 1 aliphatic rings. The molecule has 0 atom stereocenters. The minimum absolute atomic E-state index is 0.118. The van der Waals surface area contributed by atoms with E-state index in [-0.39, 0.29) is 10.5 Å². The van der Waals surface area contributed by atoms with Gasteiger partial charge in [-0.15, -0.1) is 0 Å². The topological polar surface area (TPSA) is 92.0 Å². The van der Waals surface area contributed by atoms with Crippen molar-refractivity contribution in [1.82, 2.24) is 9.73 Å². The minimum Gasteiger partial charge on any atom is -0.460 e. The summed E-state index contributed by atoms with van der Waals surface area (Å²) in [4.78, 5) is 12.3. The average molecular weight is 361 g/mol. The molecule has 1 aromatic heterocycles. The Bertz CT molecular complexity index is 896. The smallest absolute Gasteiger partial charge is 0.271 e. The summed E-state index contributed by atoms with van der Waals surface area (Å²) in [6.07, 6.45) is 3.11. The standard InChI is InChI=1S/C17H19N3O4S/c1-13-7-8-15(24-13)12-18-19-17(21)14-5-4-6-16(11-14)25(22,23)20-9-2-3-10-20/h4-8,11-12H,2-3,9-10H2,1H3,(H,19,21). The van der Waals surface area contributed by atoms with E-state index >= 15 is 0 Å². The molecule has 1 N–H and O–H groups in total. The molecule has 3 rings (SSSR count). The third-order valence-corrected chi connectivity index (χ3v) is 5.81. The Morgan fingerprint density at radius 2 is 2.00 bits per heavy atom. The molecular formula is C17H19N3O4S. The number of rotatable bonds is 5. The number of amides is 1. The lowest BCUT2D eigenvalue weighted by atomic mass is 10.2. The molecule has 0 aliphatic carbocycles. The van der Waals surface area contributed by atoms with Crippen LogP contribution in [0.1, 0.15) is 34.7 Å². The summed E-state index contributed by atoms with van der Waals surface area (Å²) in [5, 5.41) is 3.82. The Balaban J connectivity index is 1.72. The molecule has 0 radical (unpaired) electrons. The highest BCUT2D eigenvalue weighted by molar-refractivity contribution is 7.89. The Hall–Kier alpha value is -2.45. The molecule has 1 aliphatic heterocycles. The second kappa shape index (κ2) is 7.20. The summed E-state index contributed by atoms with van der Waals surface area (Å²) in [5.41, 5.74) is 2.60. The lowest BCUT2D eigenvalue weighted by Crippen LogP contribution is -2.28. The molecule has 1 amide bonds. The van der Waals surface area contributed by atoms with Crippen molar-refractivity contribution in [2.75, 3.05) is 13.1 Å². The zero-order valence-corrected chi connectivity index (χ0v) is 14.6. The molecule has 1 saturated heterocycles. The first-order valence-electron chi connectivity index (χ1n) is 7.97. The van der Waals surface area contributed by atoms with Crippen LogP contribution in [0.25, 0.3) is 0 Å². The number of furan rings is 1. The maximum atomic E-state index is 12.6. The fourth-order valence-corrected chi connectivity index (χ4v) is 4.18. The van der Waals surface area contributed by atoms with E-state index in [1.807, 2.05) is 6.92 Å². The molecule has 1 aromatic carbocycles. The number of nitrogens with one attached hydrogen (secondary N) is 1. The SMILES string of the molecule is Cc1ccc(C=NNC(=O)c2cccc(S(=O)(=O)N3CCCC3)c2)o1. The van der Waals surface area contributed by atoms with Gasteiger partial charge in [0.2, 0.25) is 10.0 Å². The molecule has 8 heteroatoms. The quantitative estimate of drug-likeness (QED) is 0.652. The van der Waals surface area contributed by atoms with Crippen LogP contribution in [0.3, 0.4) is 0 Å². The van der Waals surface area contributed by atoms with Gasteiger partial charge in [0, 0.05) is 18.7 Å². The average Bonchev–Trinajstić information content (AvgIpc) is 3.27. The van der Waals surface area contributed by atoms with E-state index in [2.05, 4.69) is 10.5 Å². The first-order valence-corrected chi connectivity index (χ1v) is 9.41. The van der Waals surface area contributed by atoms with Gasteiger partial charge in [-0.05, 0) is 50.1 Å². The van der Waals surface area contributed by atoms with Crippen molar-refractivity contribution in [3.63, 3.8) is 0 Å². The molecule has 2 heterocycles. The molecule has 0 bridgehead atoms. The molecule has 2 aromatic rings. The van der Waals surface area contributed by atoms with Crippen LogP contribution in [0, 0.1) is 6.92 Å². The van der Waals surface area contributed by atoms with Crippen molar-refractivity contribution in [3.05, 3.63) is 53.5 Å². The molecule has 132 valence electrons. The van der Waals surface area contributed by atoms with Crippen molar-refractivity contribution in [2.24, 2.45) is 5.10 Å². The van der Waals surface area contributed by atoms with Gasteiger partial charge in [0.1, 0.15) is 11.5 Å². The molecule has 25 heavy (non-hydrogen) atoms. The third-order valence-electron chi connectivity index (χ3n) is 3.92. The van der Waals surface area contributed by atoms with Crippen LogP contribution in [0.5, 0.6) is 0 Å². The molecular weight excluding hydrogens is 342 g/mol. The highest BCUT2D eigenvalue weighted by Crippen LogP contribution is 2.21. The Morgan fingerprint density at radius 1 is 1.24 bits per heavy atom. The summed E-state index contributed by atoms with van der Waals surface area (Å²) in [6, 6.07) is 9.49. The fraction of sp³-hybridized carbons (Fsp3) is 0.294. The number of aryl methyl sites for hydroxylation is 1. The van der Waals surface area contributed by atoms with Crippen molar-refractivity contribution in [2.45, 2.75) is 24.7 Å². The molecule has 0 unspecified atom stereocenters. The maximum Gasteiger partial charge on any atom is 0.271 e. The molecule has 0 saturated carbocycles. The van der Waals surface area contributed by atoms with E-state index in [9.17, 15) is 13.2 Å². The van der Waals surface area contributed by atoms with Gasteiger partial charge in [0.05, 0.1) is 11.1 Å². The maximum absolute atomic E-state index is 12.6. The summed E-state index contributed by atoms with van der Waals surface area (Å²) in [5.74, 6) is 0.772.